The lowest BCUT2D eigenvalue weighted by Crippen LogP contribution is -2.42. The van der Waals surface area contributed by atoms with Gasteiger partial charge < -0.3 is 19.9 Å². The molecule has 0 saturated heterocycles. The number of aliphatic carboxylic acids is 1. The molecule has 0 radical (unpaired) electrons. The summed E-state index contributed by atoms with van der Waals surface area (Å²) in [5, 5.41) is 12.3. The fourth-order valence-corrected chi connectivity index (χ4v) is 3.10. The Morgan fingerprint density at radius 3 is 2.72 bits per heavy atom. The van der Waals surface area contributed by atoms with Crippen LogP contribution in [0.4, 0.5) is 0 Å². The summed E-state index contributed by atoms with van der Waals surface area (Å²) < 4.78 is 10.7. The first-order valence-corrected chi connectivity index (χ1v) is 8.52. The molecular weight excluding hydrogens is 322 g/mol. The fourth-order valence-electron chi connectivity index (χ4n) is 3.10. The van der Waals surface area contributed by atoms with E-state index >= 15 is 0 Å². The number of methoxy groups -OCH3 is 1. The van der Waals surface area contributed by atoms with Gasteiger partial charge in [0, 0.05) is 11.6 Å². The molecule has 1 fully saturated rings. The second kappa shape index (κ2) is 9.11. The van der Waals surface area contributed by atoms with Crippen LogP contribution in [0.15, 0.2) is 30.9 Å². The van der Waals surface area contributed by atoms with Crippen molar-refractivity contribution in [3.05, 3.63) is 36.4 Å². The van der Waals surface area contributed by atoms with Gasteiger partial charge in [-0.15, -0.1) is 0 Å². The van der Waals surface area contributed by atoms with Gasteiger partial charge in [-0.3, -0.25) is 9.59 Å². The van der Waals surface area contributed by atoms with E-state index in [4.69, 9.17) is 9.47 Å². The Morgan fingerprint density at radius 1 is 1.28 bits per heavy atom. The first-order valence-electron chi connectivity index (χ1n) is 8.52. The quantitative estimate of drug-likeness (QED) is 0.585. The molecule has 0 bridgehead atoms. The molecule has 1 aromatic rings. The normalized spacial score (nSPS) is 20.2. The van der Waals surface area contributed by atoms with Gasteiger partial charge >= 0.3 is 5.97 Å². The summed E-state index contributed by atoms with van der Waals surface area (Å²) in [7, 11) is 1.50. The summed E-state index contributed by atoms with van der Waals surface area (Å²) in [6.07, 6.45) is 5.70. The highest BCUT2D eigenvalue weighted by Gasteiger charge is 2.30. The van der Waals surface area contributed by atoms with E-state index in [1.54, 1.807) is 24.3 Å². The summed E-state index contributed by atoms with van der Waals surface area (Å²) in [6, 6.07) is 4.55. The van der Waals surface area contributed by atoms with E-state index in [-0.39, 0.29) is 11.9 Å². The number of carboxylic acids is 1. The van der Waals surface area contributed by atoms with Crippen molar-refractivity contribution >= 4 is 11.9 Å². The lowest BCUT2D eigenvalue weighted by atomic mass is 9.94. The second-order valence-corrected chi connectivity index (χ2v) is 6.13. The number of hydrogen-bond acceptors (Lipinski definition) is 4. The third kappa shape index (κ3) is 4.98. The van der Waals surface area contributed by atoms with Gasteiger partial charge in [-0.25, -0.2) is 0 Å². The Hall–Kier alpha value is -2.50. The SMILES string of the molecule is C=CCOc1ccc(C(=O)N[C@H]2CCCCC[C@H]2C(=O)O)cc1OC. The zero-order chi connectivity index (χ0) is 18.2. The van der Waals surface area contributed by atoms with Crippen molar-refractivity contribution in [3.8, 4) is 11.5 Å². The first kappa shape index (κ1) is 18.8. The molecule has 0 heterocycles. The molecule has 1 saturated carbocycles. The van der Waals surface area contributed by atoms with E-state index < -0.39 is 11.9 Å². The van der Waals surface area contributed by atoms with Crippen molar-refractivity contribution in [2.75, 3.05) is 13.7 Å². The van der Waals surface area contributed by atoms with Gasteiger partial charge in [-0.2, -0.15) is 0 Å². The number of hydrogen-bond donors (Lipinski definition) is 2. The van der Waals surface area contributed by atoms with Crippen molar-refractivity contribution in [1.82, 2.24) is 5.32 Å². The standard InChI is InChI=1S/C19H25NO5/c1-3-11-25-16-10-9-13(12-17(16)24-2)18(21)20-15-8-6-4-5-7-14(15)19(22)23/h3,9-10,12,14-15H,1,4-8,11H2,2H3,(H,20,21)(H,22,23)/t14-,15+/m1/s1. The zero-order valence-corrected chi connectivity index (χ0v) is 14.5. The maximum Gasteiger partial charge on any atom is 0.308 e. The summed E-state index contributed by atoms with van der Waals surface area (Å²) in [6.45, 7) is 3.93. The highest BCUT2D eigenvalue weighted by Crippen LogP contribution is 2.29. The molecule has 6 nitrogen and oxygen atoms in total. The van der Waals surface area contributed by atoms with Gasteiger partial charge in [-0.05, 0) is 31.0 Å². The van der Waals surface area contributed by atoms with Crippen molar-refractivity contribution in [1.29, 1.82) is 0 Å². The largest absolute Gasteiger partial charge is 0.493 e. The molecule has 6 heteroatoms. The van der Waals surface area contributed by atoms with Crippen molar-refractivity contribution in [3.63, 3.8) is 0 Å². The molecule has 0 aliphatic heterocycles. The van der Waals surface area contributed by atoms with Crippen LogP contribution in [0, 0.1) is 5.92 Å². The van der Waals surface area contributed by atoms with Crippen molar-refractivity contribution < 1.29 is 24.2 Å². The van der Waals surface area contributed by atoms with Crippen LogP contribution in [0.25, 0.3) is 0 Å². The average molecular weight is 347 g/mol. The predicted molar refractivity (Wildman–Crippen MR) is 94.2 cm³/mol. The maximum atomic E-state index is 12.6. The van der Waals surface area contributed by atoms with Crippen LogP contribution < -0.4 is 14.8 Å². The Balaban J connectivity index is 2.13. The highest BCUT2D eigenvalue weighted by molar-refractivity contribution is 5.95. The zero-order valence-electron chi connectivity index (χ0n) is 14.5. The minimum atomic E-state index is -0.849. The smallest absolute Gasteiger partial charge is 0.308 e. The fraction of sp³-hybridized carbons (Fsp3) is 0.474. The number of carbonyl (C=O) groups excluding carboxylic acids is 1. The number of carboxylic acid groups (broad SMARTS) is 1. The van der Waals surface area contributed by atoms with Gasteiger partial charge in [0.05, 0.1) is 13.0 Å². The van der Waals surface area contributed by atoms with E-state index in [1.165, 1.54) is 7.11 Å². The molecule has 2 N–H and O–H groups in total. The van der Waals surface area contributed by atoms with Gasteiger partial charge in [-0.1, -0.05) is 31.9 Å². The van der Waals surface area contributed by atoms with Gasteiger partial charge in [0.2, 0.25) is 0 Å². The number of rotatable bonds is 7. The molecule has 0 aromatic heterocycles. The number of carbonyl (C=O) groups is 2. The molecule has 0 spiro atoms. The van der Waals surface area contributed by atoms with E-state index in [0.717, 1.165) is 19.3 Å². The van der Waals surface area contributed by atoms with Crippen molar-refractivity contribution in [2.45, 2.75) is 38.1 Å². The maximum absolute atomic E-state index is 12.6. The second-order valence-electron chi connectivity index (χ2n) is 6.13. The topological polar surface area (TPSA) is 84.9 Å². The van der Waals surface area contributed by atoms with Gasteiger partial charge in [0.15, 0.2) is 11.5 Å². The molecule has 136 valence electrons. The molecule has 1 amide bonds. The van der Waals surface area contributed by atoms with Crippen LogP contribution in [-0.4, -0.2) is 36.7 Å². The van der Waals surface area contributed by atoms with E-state index in [0.29, 0.717) is 36.5 Å². The Labute approximate surface area is 147 Å². The molecule has 0 unspecified atom stereocenters. The molecule has 2 atom stereocenters. The summed E-state index contributed by atoms with van der Waals surface area (Å²) >= 11 is 0. The lowest BCUT2D eigenvalue weighted by molar-refractivity contribution is -0.142. The summed E-state index contributed by atoms with van der Waals surface area (Å²) in [4.78, 5) is 24.1. The predicted octanol–water partition coefficient (Wildman–Crippen LogP) is 3.02. The third-order valence-corrected chi connectivity index (χ3v) is 4.43. The molecule has 1 aliphatic carbocycles. The number of ether oxygens (including phenoxy) is 2. The lowest BCUT2D eigenvalue weighted by Gasteiger charge is -2.23. The van der Waals surface area contributed by atoms with Crippen LogP contribution in [0.5, 0.6) is 11.5 Å². The Kier molecular flexibility index (Phi) is 6.86. The molecule has 2 rings (SSSR count). The van der Waals surface area contributed by atoms with Crippen LogP contribution in [0.2, 0.25) is 0 Å². The van der Waals surface area contributed by atoms with Crippen LogP contribution in [-0.2, 0) is 4.79 Å². The minimum Gasteiger partial charge on any atom is -0.493 e. The minimum absolute atomic E-state index is 0.299. The van der Waals surface area contributed by atoms with Crippen LogP contribution >= 0.6 is 0 Å². The summed E-state index contributed by atoms with van der Waals surface area (Å²) in [5.41, 5.74) is 0.413. The Morgan fingerprint density at radius 2 is 2.04 bits per heavy atom. The van der Waals surface area contributed by atoms with Crippen LogP contribution in [0.3, 0.4) is 0 Å². The Bertz CT molecular complexity index is 628. The van der Waals surface area contributed by atoms with Gasteiger partial charge in [0.1, 0.15) is 6.61 Å². The first-order chi connectivity index (χ1) is 12.1. The third-order valence-electron chi connectivity index (χ3n) is 4.43. The van der Waals surface area contributed by atoms with E-state index in [2.05, 4.69) is 11.9 Å². The number of benzene rings is 1. The average Bonchev–Trinajstić information content (AvgIpc) is 2.85. The van der Waals surface area contributed by atoms with Crippen molar-refractivity contribution in [2.24, 2.45) is 5.92 Å². The molecule has 25 heavy (non-hydrogen) atoms. The van der Waals surface area contributed by atoms with E-state index in [1.807, 2.05) is 0 Å². The van der Waals surface area contributed by atoms with Crippen LogP contribution in [0.1, 0.15) is 42.5 Å². The molecular formula is C19H25NO5. The molecule has 1 aliphatic rings. The van der Waals surface area contributed by atoms with Gasteiger partial charge in [0.25, 0.3) is 5.91 Å². The summed E-state index contributed by atoms with van der Waals surface area (Å²) in [5.74, 6) is -0.713. The molecule has 1 aromatic carbocycles. The highest BCUT2D eigenvalue weighted by atomic mass is 16.5. The number of amides is 1. The number of nitrogens with one attached hydrogen (secondary N) is 1. The monoisotopic (exact) mass is 347 g/mol. The van der Waals surface area contributed by atoms with E-state index in [9.17, 15) is 14.7 Å².